The Morgan fingerprint density at radius 2 is 1.72 bits per heavy atom. The van der Waals surface area contributed by atoms with Crippen LogP contribution < -0.4 is 4.72 Å². The Balaban J connectivity index is 2.19. The second kappa shape index (κ2) is 8.10. The van der Waals surface area contributed by atoms with Gasteiger partial charge >= 0.3 is 0 Å². The Bertz CT molecular complexity index is 849. The van der Waals surface area contributed by atoms with Gasteiger partial charge in [-0.15, -0.1) is 0 Å². The molecule has 0 fully saturated rings. The number of hydrogen-bond acceptors (Lipinski definition) is 4. The predicted octanol–water partition coefficient (Wildman–Crippen LogP) is 3.12. The van der Waals surface area contributed by atoms with E-state index in [9.17, 15) is 13.2 Å². The van der Waals surface area contributed by atoms with Crippen molar-refractivity contribution in [2.75, 3.05) is 20.6 Å². The van der Waals surface area contributed by atoms with Crippen LogP contribution in [0.25, 0.3) is 0 Å². The smallest absolute Gasteiger partial charge is 0.240 e. The van der Waals surface area contributed by atoms with Crippen molar-refractivity contribution in [1.82, 2.24) is 9.62 Å². The van der Waals surface area contributed by atoms with Gasteiger partial charge in [0, 0.05) is 23.2 Å². The summed E-state index contributed by atoms with van der Waals surface area (Å²) in [5.41, 5.74) is 1.32. The monoisotopic (exact) mass is 380 g/mol. The molecule has 2 rings (SSSR count). The first-order valence-corrected chi connectivity index (χ1v) is 9.60. The summed E-state index contributed by atoms with van der Waals surface area (Å²) < 4.78 is 27.6. The minimum absolute atomic E-state index is 0.108. The number of Topliss-reactive ketones (excluding diaryl/α,β-unsaturated/α-hetero) is 1. The SMILES string of the molecule is CC(=O)c1ccc(S(=O)(=O)NCC(c2ccccc2Cl)N(C)C)cc1. The van der Waals surface area contributed by atoms with Gasteiger partial charge in [-0.3, -0.25) is 4.79 Å². The van der Waals surface area contributed by atoms with Gasteiger partial charge in [0.2, 0.25) is 10.0 Å². The van der Waals surface area contributed by atoms with Crippen LogP contribution >= 0.6 is 11.6 Å². The van der Waals surface area contributed by atoms with E-state index in [1.807, 2.05) is 37.2 Å². The average molecular weight is 381 g/mol. The molecule has 0 saturated heterocycles. The highest BCUT2D eigenvalue weighted by Gasteiger charge is 2.21. The number of nitrogens with one attached hydrogen (secondary N) is 1. The Labute approximate surface area is 153 Å². The summed E-state index contributed by atoms with van der Waals surface area (Å²) >= 11 is 6.24. The van der Waals surface area contributed by atoms with Gasteiger partial charge in [0.15, 0.2) is 5.78 Å². The number of rotatable bonds is 7. The van der Waals surface area contributed by atoms with Gasteiger partial charge < -0.3 is 4.90 Å². The van der Waals surface area contributed by atoms with E-state index in [1.54, 1.807) is 6.07 Å². The third-order valence-electron chi connectivity index (χ3n) is 3.93. The molecule has 0 amide bonds. The highest BCUT2D eigenvalue weighted by atomic mass is 35.5. The molecule has 1 unspecified atom stereocenters. The van der Waals surface area contributed by atoms with E-state index in [-0.39, 0.29) is 23.3 Å². The fraction of sp³-hybridized carbons (Fsp3) is 0.278. The predicted molar refractivity (Wildman–Crippen MR) is 99.5 cm³/mol. The van der Waals surface area contributed by atoms with Gasteiger partial charge in [-0.05, 0) is 44.8 Å². The third kappa shape index (κ3) is 4.89. The van der Waals surface area contributed by atoms with E-state index in [0.717, 1.165) is 5.56 Å². The summed E-state index contributed by atoms with van der Waals surface area (Å²) in [4.78, 5) is 13.3. The van der Waals surface area contributed by atoms with Crippen LogP contribution in [-0.4, -0.2) is 39.7 Å². The second-order valence-corrected chi connectivity index (χ2v) is 8.11. The minimum atomic E-state index is -3.68. The number of hydrogen-bond donors (Lipinski definition) is 1. The zero-order chi connectivity index (χ0) is 18.6. The van der Waals surface area contributed by atoms with E-state index < -0.39 is 10.0 Å². The lowest BCUT2D eigenvalue weighted by Gasteiger charge is -2.26. The Kier molecular flexibility index (Phi) is 6.35. The first-order chi connectivity index (χ1) is 11.7. The molecule has 134 valence electrons. The van der Waals surface area contributed by atoms with Crippen LogP contribution in [0.2, 0.25) is 5.02 Å². The van der Waals surface area contributed by atoms with Crippen LogP contribution in [-0.2, 0) is 10.0 Å². The van der Waals surface area contributed by atoms with Crippen molar-refractivity contribution < 1.29 is 13.2 Å². The molecule has 0 bridgehead atoms. The highest BCUT2D eigenvalue weighted by Crippen LogP contribution is 2.26. The quantitative estimate of drug-likeness (QED) is 0.749. The number of halogens is 1. The zero-order valence-corrected chi connectivity index (χ0v) is 15.9. The number of carbonyl (C=O) groups is 1. The molecule has 0 spiro atoms. The summed E-state index contributed by atoms with van der Waals surface area (Å²) in [7, 11) is 0.0468. The molecule has 2 aromatic rings. The number of ketones is 1. The summed E-state index contributed by atoms with van der Waals surface area (Å²) in [6, 6.07) is 13.0. The van der Waals surface area contributed by atoms with E-state index >= 15 is 0 Å². The maximum Gasteiger partial charge on any atom is 0.240 e. The number of benzene rings is 2. The topological polar surface area (TPSA) is 66.5 Å². The standard InChI is InChI=1S/C18H21ClN2O3S/c1-13(22)14-8-10-15(11-9-14)25(23,24)20-12-18(21(2)3)16-6-4-5-7-17(16)19/h4-11,18,20H,12H2,1-3H3. The fourth-order valence-electron chi connectivity index (χ4n) is 2.46. The molecule has 1 atom stereocenters. The molecule has 0 aliphatic heterocycles. The molecule has 7 heteroatoms. The van der Waals surface area contributed by atoms with E-state index in [4.69, 9.17) is 11.6 Å². The minimum Gasteiger partial charge on any atom is -0.301 e. The van der Waals surface area contributed by atoms with Gasteiger partial charge in [-0.2, -0.15) is 0 Å². The van der Waals surface area contributed by atoms with Gasteiger partial charge in [0.05, 0.1) is 4.90 Å². The van der Waals surface area contributed by atoms with Crippen molar-refractivity contribution in [2.24, 2.45) is 0 Å². The maximum absolute atomic E-state index is 12.5. The molecule has 0 radical (unpaired) electrons. The molecular weight excluding hydrogens is 360 g/mol. The van der Waals surface area contributed by atoms with Crippen molar-refractivity contribution in [3.8, 4) is 0 Å². The third-order valence-corrected chi connectivity index (χ3v) is 5.71. The molecule has 0 aliphatic rings. The average Bonchev–Trinajstić information content (AvgIpc) is 2.56. The molecule has 0 heterocycles. The number of nitrogens with zero attached hydrogens (tertiary/aromatic N) is 1. The molecule has 5 nitrogen and oxygen atoms in total. The summed E-state index contributed by atoms with van der Waals surface area (Å²) in [6.07, 6.45) is 0. The van der Waals surface area contributed by atoms with Crippen molar-refractivity contribution in [2.45, 2.75) is 17.9 Å². The van der Waals surface area contributed by atoms with Crippen LogP contribution in [0, 0.1) is 0 Å². The Hall–Kier alpha value is -1.73. The Morgan fingerprint density at radius 3 is 2.24 bits per heavy atom. The molecule has 1 N–H and O–H groups in total. The second-order valence-electron chi connectivity index (χ2n) is 5.93. The summed E-state index contributed by atoms with van der Waals surface area (Å²) in [6.45, 7) is 1.61. The van der Waals surface area contributed by atoms with E-state index in [2.05, 4.69) is 4.72 Å². The molecule has 25 heavy (non-hydrogen) atoms. The number of carbonyl (C=O) groups excluding carboxylic acids is 1. The first kappa shape index (κ1) is 19.6. The summed E-state index contributed by atoms with van der Waals surface area (Å²) in [5.74, 6) is -0.108. The molecular formula is C18H21ClN2O3S. The fourth-order valence-corrected chi connectivity index (χ4v) is 3.76. The van der Waals surface area contributed by atoms with Crippen LogP contribution in [0.5, 0.6) is 0 Å². The van der Waals surface area contributed by atoms with Gasteiger partial charge in [-0.1, -0.05) is 41.9 Å². The molecule has 0 aromatic heterocycles. The molecule has 0 aliphatic carbocycles. The Morgan fingerprint density at radius 1 is 1.12 bits per heavy atom. The lowest BCUT2D eigenvalue weighted by molar-refractivity contribution is 0.101. The van der Waals surface area contributed by atoms with Crippen LogP contribution in [0.1, 0.15) is 28.9 Å². The van der Waals surface area contributed by atoms with Gasteiger partial charge in [0.1, 0.15) is 0 Å². The van der Waals surface area contributed by atoms with Crippen LogP contribution in [0.4, 0.5) is 0 Å². The first-order valence-electron chi connectivity index (χ1n) is 7.74. The molecule has 0 saturated carbocycles. The van der Waals surface area contributed by atoms with Crippen LogP contribution in [0.3, 0.4) is 0 Å². The van der Waals surface area contributed by atoms with Crippen molar-refractivity contribution in [1.29, 1.82) is 0 Å². The van der Waals surface area contributed by atoms with Crippen molar-refractivity contribution >= 4 is 27.4 Å². The van der Waals surface area contributed by atoms with Crippen molar-refractivity contribution in [3.05, 3.63) is 64.7 Å². The lowest BCUT2D eigenvalue weighted by Crippen LogP contribution is -2.34. The normalized spacial score (nSPS) is 13.0. The zero-order valence-electron chi connectivity index (χ0n) is 14.4. The molecule has 2 aromatic carbocycles. The van der Waals surface area contributed by atoms with Crippen LogP contribution in [0.15, 0.2) is 53.4 Å². The highest BCUT2D eigenvalue weighted by molar-refractivity contribution is 7.89. The maximum atomic E-state index is 12.5. The van der Waals surface area contributed by atoms with Gasteiger partial charge in [-0.25, -0.2) is 13.1 Å². The van der Waals surface area contributed by atoms with E-state index in [0.29, 0.717) is 10.6 Å². The number of likely N-dealkylation sites (N-methyl/N-ethyl adjacent to an activating group) is 1. The lowest BCUT2D eigenvalue weighted by atomic mass is 10.1. The van der Waals surface area contributed by atoms with E-state index in [1.165, 1.54) is 31.2 Å². The summed E-state index contributed by atoms with van der Waals surface area (Å²) in [5, 5.41) is 0.589. The van der Waals surface area contributed by atoms with Gasteiger partial charge in [0.25, 0.3) is 0 Å². The largest absolute Gasteiger partial charge is 0.301 e. The van der Waals surface area contributed by atoms with Crippen molar-refractivity contribution in [3.63, 3.8) is 0 Å². The number of sulfonamides is 1.